The fraction of sp³-hybridized carbons (Fsp3) is 0.167. The van der Waals surface area contributed by atoms with Gasteiger partial charge in [-0.25, -0.2) is 0 Å². The van der Waals surface area contributed by atoms with E-state index < -0.39 is 0 Å². The summed E-state index contributed by atoms with van der Waals surface area (Å²) in [6.45, 7) is 9.99. The van der Waals surface area contributed by atoms with Gasteiger partial charge in [0, 0.05) is 30.4 Å². The summed E-state index contributed by atoms with van der Waals surface area (Å²) in [5.41, 5.74) is 6.04. The highest BCUT2D eigenvalue weighted by Crippen LogP contribution is 2.24. The first-order chi connectivity index (χ1) is 9.52. The van der Waals surface area contributed by atoms with Crippen molar-refractivity contribution in [2.45, 2.75) is 13.3 Å². The van der Waals surface area contributed by atoms with Gasteiger partial charge in [-0.3, -0.25) is 0 Å². The Kier molecular flexibility index (Phi) is 3.91. The third-order valence-electron chi connectivity index (χ3n) is 3.49. The van der Waals surface area contributed by atoms with Crippen LogP contribution in [-0.4, -0.2) is 4.57 Å². The summed E-state index contributed by atoms with van der Waals surface area (Å²) < 4.78 is 2.07. The first-order valence-corrected chi connectivity index (χ1v) is 6.51. The highest BCUT2D eigenvalue weighted by Gasteiger charge is 2.10. The summed E-state index contributed by atoms with van der Waals surface area (Å²) >= 11 is 0. The van der Waals surface area contributed by atoms with Crippen molar-refractivity contribution in [1.82, 2.24) is 4.57 Å². The Hall–Kier alpha value is -2.53. The van der Waals surface area contributed by atoms with Gasteiger partial charge in [0.1, 0.15) is 0 Å². The van der Waals surface area contributed by atoms with Crippen LogP contribution in [0.25, 0.3) is 5.57 Å². The molecular formula is C18H18N2. The Labute approximate surface area is 120 Å². The van der Waals surface area contributed by atoms with E-state index in [1.807, 2.05) is 19.2 Å². The number of hydrogen-bond donors (Lipinski definition) is 0. The average molecular weight is 262 g/mol. The third-order valence-corrected chi connectivity index (χ3v) is 3.49. The van der Waals surface area contributed by atoms with Crippen molar-refractivity contribution in [2.24, 2.45) is 7.05 Å². The molecule has 1 heterocycles. The number of nitriles is 1. The molecule has 0 spiro atoms. The Bertz CT molecular complexity index is 694. The Morgan fingerprint density at radius 1 is 1.15 bits per heavy atom. The predicted molar refractivity (Wildman–Crippen MR) is 83.2 cm³/mol. The van der Waals surface area contributed by atoms with E-state index in [0.717, 1.165) is 22.5 Å². The molecule has 0 amide bonds. The van der Waals surface area contributed by atoms with E-state index in [9.17, 15) is 0 Å². The van der Waals surface area contributed by atoms with Crippen molar-refractivity contribution in [3.63, 3.8) is 0 Å². The van der Waals surface area contributed by atoms with Crippen LogP contribution in [0.3, 0.4) is 0 Å². The zero-order chi connectivity index (χ0) is 14.7. The molecule has 0 radical (unpaired) electrons. The molecule has 1 aromatic heterocycles. The van der Waals surface area contributed by atoms with Gasteiger partial charge in [0.05, 0.1) is 6.07 Å². The van der Waals surface area contributed by atoms with E-state index in [4.69, 9.17) is 5.26 Å². The average Bonchev–Trinajstić information content (AvgIpc) is 2.80. The summed E-state index contributed by atoms with van der Waals surface area (Å²) in [4.78, 5) is 0. The van der Waals surface area contributed by atoms with Crippen molar-refractivity contribution in [3.05, 3.63) is 77.6 Å². The summed E-state index contributed by atoms with van der Waals surface area (Å²) in [7, 11) is 1.99. The molecule has 0 saturated heterocycles. The van der Waals surface area contributed by atoms with Gasteiger partial charge in [0.15, 0.2) is 0 Å². The van der Waals surface area contributed by atoms with Crippen molar-refractivity contribution < 1.29 is 0 Å². The number of allylic oxidation sites excluding steroid dienone is 1. The minimum Gasteiger partial charge on any atom is -0.347 e. The lowest BCUT2D eigenvalue weighted by atomic mass is 10.0. The van der Waals surface area contributed by atoms with Gasteiger partial charge in [0.2, 0.25) is 0 Å². The fourth-order valence-electron chi connectivity index (χ4n) is 2.19. The van der Waals surface area contributed by atoms with Gasteiger partial charge in [-0.2, -0.15) is 5.26 Å². The monoisotopic (exact) mass is 262 g/mol. The number of rotatable bonds is 4. The Morgan fingerprint density at radius 2 is 1.80 bits per heavy atom. The molecule has 0 N–H and O–H groups in total. The van der Waals surface area contributed by atoms with E-state index in [1.54, 1.807) is 0 Å². The molecule has 0 fully saturated rings. The number of nitrogens with zero attached hydrogens (tertiary/aromatic N) is 2. The van der Waals surface area contributed by atoms with Crippen LogP contribution in [0.2, 0.25) is 0 Å². The molecule has 1 aromatic carbocycles. The molecule has 2 heteroatoms. The van der Waals surface area contributed by atoms with Gasteiger partial charge in [0.25, 0.3) is 0 Å². The molecule has 0 unspecified atom stereocenters. The minimum absolute atomic E-state index is 0.568. The fourth-order valence-corrected chi connectivity index (χ4v) is 2.19. The predicted octanol–water partition coefficient (Wildman–Crippen LogP) is 4.02. The standard InChI is InChI=1S/C18H18N2/c1-13-5-7-16(8-6-13)15(3)18-10-9-17(20(18)4)11-14(2)12-19/h5-10H,2-3,11H2,1,4H3. The van der Waals surface area contributed by atoms with E-state index >= 15 is 0 Å². The second-order valence-electron chi connectivity index (χ2n) is 5.01. The molecule has 0 aliphatic carbocycles. The zero-order valence-electron chi connectivity index (χ0n) is 12.0. The lowest BCUT2D eigenvalue weighted by Gasteiger charge is -2.10. The highest BCUT2D eigenvalue weighted by atomic mass is 15.0. The maximum atomic E-state index is 8.83. The maximum absolute atomic E-state index is 8.83. The number of benzene rings is 1. The topological polar surface area (TPSA) is 28.7 Å². The molecule has 100 valence electrons. The van der Waals surface area contributed by atoms with Crippen molar-refractivity contribution in [3.8, 4) is 6.07 Å². The van der Waals surface area contributed by atoms with Crippen molar-refractivity contribution in [1.29, 1.82) is 5.26 Å². The van der Waals surface area contributed by atoms with Crippen molar-refractivity contribution >= 4 is 5.57 Å². The van der Waals surface area contributed by atoms with Crippen LogP contribution in [0.5, 0.6) is 0 Å². The molecule has 0 bridgehead atoms. The van der Waals surface area contributed by atoms with Gasteiger partial charge in [-0.1, -0.05) is 43.0 Å². The van der Waals surface area contributed by atoms with E-state index in [1.165, 1.54) is 5.56 Å². The largest absolute Gasteiger partial charge is 0.347 e. The van der Waals surface area contributed by atoms with Crippen molar-refractivity contribution in [2.75, 3.05) is 0 Å². The number of aromatic nitrogens is 1. The minimum atomic E-state index is 0.568. The van der Waals surface area contributed by atoms with Crippen LogP contribution < -0.4 is 0 Å². The molecule has 0 aliphatic rings. The van der Waals surface area contributed by atoms with E-state index in [0.29, 0.717) is 12.0 Å². The Balaban J connectivity index is 2.30. The molecule has 0 saturated carbocycles. The second-order valence-corrected chi connectivity index (χ2v) is 5.01. The summed E-state index contributed by atoms with van der Waals surface area (Å²) in [5, 5.41) is 8.83. The van der Waals surface area contributed by atoms with E-state index in [-0.39, 0.29) is 0 Å². The highest BCUT2D eigenvalue weighted by molar-refractivity contribution is 5.76. The van der Waals surface area contributed by atoms with E-state index in [2.05, 4.69) is 55.0 Å². The third kappa shape index (κ3) is 2.73. The molecule has 2 nitrogen and oxygen atoms in total. The van der Waals surface area contributed by atoms with Crippen LogP contribution in [0.15, 0.2) is 55.1 Å². The smallest absolute Gasteiger partial charge is 0.0944 e. The van der Waals surface area contributed by atoms with Gasteiger partial charge < -0.3 is 4.57 Å². The molecule has 2 rings (SSSR count). The lowest BCUT2D eigenvalue weighted by Crippen LogP contribution is -2.02. The maximum Gasteiger partial charge on any atom is 0.0944 e. The quantitative estimate of drug-likeness (QED) is 0.765. The number of hydrogen-bond acceptors (Lipinski definition) is 1. The summed E-state index contributed by atoms with van der Waals surface area (Å²) in [6.07, 6.45) is 0.578. The van der Waals surface area contributed by atoms with Crippen LogP contribution in [0, 0.1) is 18.3 Å². The molecular weight excluding hydrogens is 244 g/mol. The lowest BCUT2D eigenvalue weighted by molar-refractivity contribution is 0.839. The van der Waals surface area contributed by atoms with Gasteiger partial charge in [-0.15, -0.1) is 0 Å². The molecule has 20 heavy (non-hydrogen) atoms. The van der Waals surface area contributed by atoms with Gasteiger partial charge in [-0.05, 0) is 30.2 Å². The molecule has 0 atom stereocenters. The van der Waals surface area contributed by atoms with Crippen LogP contribution in [0.1, 0.15) is 22.5 Å². The van der Waals surface area contributed by atoms with Crippen LogP contribution in [-0.2, 0) is 13.5 Å². The SMILES string of the molecule is C=C(C#N)Cc1ccc(C(=C)c2ccc(C)cc2)n1C. The zero-order valence-corrected chi connectivity index (χ0v) is 12.0. The van der Waals surface area contributed by atoms with Crippen LogP contribution in [0.4, 0.5) is 0 Å². The first-order valence-electron chi connectivity index (χ1n) is 6.51. The normalized spacial score (nSPS) is 10.1. The Morgan fingerprint density at radius 3 is 2.40 bits per heavy atom. The second kappa shape index (κ2) is 5.63. The first kappa shape index (κ1) is 13.9. The van der Waals surface area contributed by atoms with Crippen LogP contribution >= 0.6 is 0 Å². The number of aryl methyl sites for hydroxylation is 1. The van der Waals surface area contributed by atoms with Gasteiger partial charge >= 0.3 is 0 Å². The molecule has 2 aromatic rings. The summed E-state index contributed by atoms with van der Waals surface area (Å²) in [5.74, 6) is 0. The summed E-state index contributed by atoms with van der Waals surface area (Å²) in [6, 6.07) is 14.5. The molecule has 0 aliphatic heterocycles.